The third-order valence-electron chi connectivity index (χ3n) is 3.28. The van der Waals surface area contributed by atoms with Crippen LogP contribution < -0.4 is 5.73 Å². The molecule has 3 heteroatoms. The van der Waals surface area contributed by atoms with Crippen LogP contribution in [0.5, 0.6) is 0 Å². The Balaban J connectivity index is 2.27. The SMILES string of the molecule is CCCN(CC1CC1)C(=O)CCC(C)CN. The van der Waals surface area contributed by atoms with Crippen LogP contribution in [-0.4, -0.2) is 30.4 Å². The molecule has 0 spiro atoms. The molecule has 3 nitrogen and oxygen atoms in total. The van der Waals surface area contributed by atoms with E-state index in [1.807, 2.05) is 0 Å². The van der Waals surface area contributed by atoms with Gasteiger partial charge in [-0.1, -0.05) is 13.8 Å². The lowest BCUT2D eigenvalue weighted by molar-refractivity contribution is -0.131. The molecule has 0 aromatic heterocycles. The number of hydrogen-bond acceptors (Lipinski definition) is 2. The van der Waals surface area contributed by atoms with E-state index in [9.17, 15) is 4.79 Å². The molecule has 1 fully saturated rings. The van der Waals surface area contributed by atoms with Crippen molar-refractivity contribution < 1.29 is 4.79 Å². The van der Waals surface area contributed by atoms with Gasteiger partial charge in [0.1, 0.15) is 0 Å². The maximum Gasteiger partial charge on any atom is 0.222 e. The molecule has 1 amide bonds. The molecule has 0 bridgehead atoms. The summed E-state index contributed by atoms with van der Waals surface area (Å²) in [6, 6.07) is 0. The molecule has 2 N–H and O–H groups in total. The van der Waals surface area contributed by atoms with Gasteiger partial charge >= 0.3 is 0 Å². The second kappa shape index (κ2) is 6.89. The van der Waals surface area contributed by atoms with Crippen molar-refractivity contribution in [1.29, 1.82) is 0 Å². The van der Waals surface area contributed by atoms with Crippen LogP contribution in [0.1, 0.15) is 46.0 Å². The van der Waals surface area contributed by atoms with E-state index in [2.05, 4.69) is 18.7 Å². The predicted octanol–water partition coefficient (Wildman–Crippen LogP) is 2.01. The number of nitrogens with zero attached hydrogens (tertiary/aromatic N) is 1. The van der Waals surface area contributed by atoms with Crippen LogP contribution in [0.2, 0.25) is 0 Å². The number of amides is 1. The minimum absolute atomic E-state index is 0.328. The largest absolute Gasteiger partial charge is 0.342 e. The van der Waals surface area contributed by atoms with Gasteiger partial charge in [0.2, 0.25) is 5.91 Å². The molecule has 0 radical (unpaired) electrons. The van der Waals surface area contributed by atoms with Crippen LogP contribution in [0, 0.1) is 11.8 Å². The Kier molecular flexibility index (Phi) is 5.81. The van der Waals surface area contributed by atoms with Gasteiger partial charge in [0.05, 0.1) is 0 Å². The van der Waals surface area contributed by atoms with Crippen LogP contribution >= 0.6 is 0 Å². The zero-order valence-corrected chi connectivity index (χ0v) is 10.7. The fourth-order valence-electron chi connectivity index (χ4n) is 1.85. The summed E-state index contributed by atoms with van der Waals surface area (Å²) in [6.07, 6.45) is 5.29. The second-order valence-electron chi connectivity index (χ2n) is 5.16. The Bertz CT molecular complexity index is 214. The third kappa shape index (κ3) is 4.97. The van der Waals surface area contributed by atoms with Crippen molar-refractivity contribution in [3.8, 4) is 0 Å². The highest BCUT2D eigenvalue weighted by molar-refractivity contribution is 5.76. The molecule has 0 saturated heterocycles. The fourth-order valence-corrected chi connectivity index (χ4v) is 1.85. The Morgan fingerprint density at radius 3 is 2.69 bits per heavy atom. The molecular weight excluding hydrogens is 200 g/mol. The number of carbonyl (C=O) groups is 1. The van der Waals surface area contributed by atoms with Gasteiger partial charge in [0, 0.05) is 19.5 Å². The Morgan fingerprint density at radius 2 is 2.19 bits per heavy atom. The van der Waals surface area contributed by atoms with Crippen LogP contribution in [0.15, 0.2) is 0 Å². The predicted molar refractivity (Wildman–Crippen MR) is 67.0 cm³/mol. The van der Waals surface area contributed by atoms with Crippen LogP contribution in [0.3, 0.4) is 0 Å². The highest BCUT2D eigenvalue weighted by Gasteiger charge is 2.26. The molecule has 0 heterocycles. The van der Waals surface area contributed by atoms with E-state index in [0.717, 1.165) is 31.8 Å². The lowest BCUT2D eigenvalue weighted by Crippen LogP contribution is -2.33. The van der Waals surface area contributed by atoms with Gasteiger partial charge in [0.25, 0.3) is 0 Å². The molecule has 0 aromatic carbocycles. The van der Waals surface area contributed by atoms with Crippen molar-refractivity contribution in [3.05, 3.63) is 0 Å². The van der Waals surface area contributed by atoms with Crippen LogP contribution in [-0.2, 0) is 4.79 Å². The summed E-state index contributed by atoms with van der Waals surface area (Å²) >= 11 is 0. The van der Waals surface area contributed by atoms with E-state index < -0.39 is 0 Å². The Hall–Kier alpha value is -0.570. The molecule has 1 atom stereocenters. The maximum atomic E-state index is 12.0. The summed E-state index contributed by atoms with van der Waals surface area (Å²) in [5, 5.41) is 0. The number of rotatable bonds is 8. The average Bonchev–Trinajstić information content (AvgIpc) is 3.08. The summed E-state index contributed by atoms with van der Waals surface area (Å²) in [7, 11) is 0. The van der Waals surface area contributed by atoms with Crippen molar-refractivity contribution in [2.75, 3.05) is 19.6 Å². The second-order valence-corrected chi connectivity index (χ2v) is 5.16. The quantitative estimate of drug-likeness (QED) is 0.688. The van der Waals surface area contributed by atoms with E-state index in [1.54, 1.807) is 0 Å². The summed E-state index contributed by atoms with van der Waals surface area (Å²) in [5.41, 5.74) is 5.56. The van der Waals surface area contributed by atoms with Gasteiger partial charge in [-0.2, -0.15) is 0 Å². The van der Waals surface area contributed by atoms with Gasteiger partial charge in [0.15, 0.2) is 0 Å². The molecule has 1 aliphatic carbocycles. The zero-order valence-electron chi connectivity index (χ0n) is 10.7. The van der Waals surface area contributed by atoms with E-state index in [0.29, 0.717) is 24.8 Å². The Morgan fingerprint density at radius 1 is 1.50 bits per heavy atom. The lowest BCUT2D eigenvalue weighted by Gasteiger charge is -2.22. The molecule has 1 aliphatic rings. The van der Waals surface area contributed by atoms with Gasteiger partial charge in [-0.25, -0.2) is 0 Å². The van der Waals surface area contributed by atoms with Crippen LogP contribution in [0.25, 0.3) is 0 Å². The van der Waals surface area contributed by atoms with E-state index in [4.69, 9.17) is 5.73 Å². The van der Waals surface area contributed by atoms with Crippen molar-refractivity contribution in [3.63, 3.8) is 0 Å². The van der Waals surface area contributed by atoms with Gasteiger partial charge in [-0.05, 0) is 44.1 Å². The van der Waals surface area contributed by atoms with Gasteiger partial charge in [-0.3, -0.25) is 4.79 Å². The number of nitrogens with two attached hydrogens (primary N) is 1. The van der Waals surface area contributed by atoms with Crippen molar-refractivity contribution in [1.82, 2.24) is 4.90 Å². The van der Waals surface area contributed by atoms with E-state index in [1.165, 1.54) is 12.8 Å². The van der Waals surface area contributed by atoms with Gasteiger partial charge in [-0.15, -0.1) is 0 Å². The summed E-state index contributed by atoms with van der Waals surface area (Å²) in [4.78, 5) is 14.1. The van der Waals surface area contributed by atoms with E-state index >= 15 is 0 Å². The van der Waals surface area contributed by atoms with Crippen molar-refractivity contribution in [2.24, 2.45) is 17.6 Å². The summed E-state index contributed by atoms with van der Waals surface area (Å²) in [5.74, 6) is 1.59. The molecule has 94 valence electrons. The minimum Gasteiger partial charge on any atom is -0.342 e. The monoisotopic (exact) mass is 226 g/mol. The zero-order chi connectivity index (χ0) is 12.0. The fraction of sp³-hybridized carbons (Fsp3) is 0.923. The Labute approximate surface area is 99.4 Å². The highest BCUT2D eigenvalue weighted by atomic mass is 16.2. The molecule has 0 aromatic rings. The standard InChI is InChI=1S/C13H26N2O/c1-3-8-15(10-12-5-6-12)13(16)7-4-11(2)9-14/h11-12H,3-10,14H2,1-2H3. The first-order chi connectivity index (χ1) is 7.67. The lowest BCUT2D eigenvalue weighted by atomic mass is 10.1. The topological polar surface area (TPSA) is 46.3 Å². The third-order valence-corrected chi connectivity index (χ3v) is 3.28. The molecule has 1 saturated carbocycles. The molecular formula is C13H26N2O. The molecule has 0 aliphatic heterocycles. The summed E-state index contributed by atoms with van der Waals surface area (Å²) < 4.78 is 0. The number of hydrogen-bond donors (Lipinski definition) is 1. The summed E-state index contributed by atoms with van der Waals surface area (Å²) in [6.45, 7) is 6.84. The first-order valence-electron chi connectivity index (χ1n) is 6.65. The van der Waals surface area contributed by atoms with Crippen LogP contribution in [0.4, 0.5) is 0 Å². The average molecular weight is 226 g/mol. The van der Waals surface area contributed by atoms with Crippen molar-refractivity contribution in [2.45, 2.75) is 46.0 Å². The highest BCUT2D eigenvalue weighted by Crippen LogP contribution is 2.30. The minimum atomic E-state index is 0.328. The maximum absolute atomic E-state index is 12.0. The normalized spacial score (nSPS) is 17.2. The molecule has 1 rings (SSSR count). The van der Waals surface area contributed by atoms with E-state index in [-0.39, 0.29) is 0 Å². The first kappa shape index (κ1) is 13.5. The van der Waals surface area contributed by atoms with Crippen molar-refractivity contribution >= 4 is 5.91 Å². The number of carbonyl (C=O) groups excluding carboxylic acids is 1. The van der Waals surface area contributed by atoms with Gasteiger partial charge < -0.3 is 10.6 Å². The molecule has 1 unspecified atom stereocenters. The smallest absolute Gasteiger partial charge is 0.222 e. The first-order valence-corrected chi connectivity index (χ1v) is 6.65. The molecule has 16 heavy (non-hydrogen) atoms.